The van der Waals surface area contributed by atoms with Crippen molar-refractivity contribution in [3.8, 4) is 0 Å². The maximum Gasteiger partial charge on any atom is 0.0389 e. The second-order valence-electron chi connectivity index (χ2n) is 2.67. The lowest BCUT2D eigenvalue weighted by molar-refractivity contribution is 0.860. The Kier molecular flexibility index (Phi) is 3.20. The fourth-order valence-corrected chi connectivity index (χ4v) is 1.09. The summed E-state index contributed by atoms with van der Waals surface area (Å²) in [6, 6.07) is 0. The van der Waals surface area contributed by atoms with Crippen LogP contribution in [0.3, 0.4) is 0 Å². The van der Waals surface area contributed by atoms with Gasteiger partial charge < -0.3 is 0 Å². The molecule has 0 radical (unpaired) electrons. The highest BCUT2D eigenvalue weighted by atomic mass is 14.7. The van der Waals surface area contributed by atoms with Crippen molar-refractivity contribution in [2.45, 2.75) is 32.6 Å². The van der Waals surface area contributed by atoms with Crippen molar-refractivity contribution in [1.82, 2.24) is 0 Å². The molecule has 0 saturated carbocycles. The van der Waals surface area contributed by atoms with E-state index in [4.69, 9.17) is 0 Å². The molecule has 10 heavy (non-hydrogen) atoms. The van der Waals surface area contributed by atoms with E-state index in [2.05, 4.69) is 24.1 Å². The standard InChI is InChI=1S/C9H15N/c1-2-8-10-9-6-4-3-5-7-9/h4,6H,2-3,5,7-8H2,1H3. The predicted octanol–water partition coefficient (Wildman–Crippen LogP) is 2.58. The molecule has 0 spiro atoms. The molecule has 0 unspecified atom stereocenters. The maximum absolute atomic E-state index is 4.43. The number of hydrogen-bond acceptors (Lipinski definition) is 1. The third-order valence-electron chi connectivity index (χ3n) is 1.65. The molecule has 1 nitrogen and oxygen atoms in total. The minimum absolute atomic E-state index is 1.000. The van der Waals surface area contributed by atoms with Crippen LogP contribution >= 0.6 is 0 Å². The molecular formula is C9H15N. The summed E-state index contributed by atoms with van der Waals surface area (Å²) in [6.07, 6.45) is 9.27. The molecule has 0 aromatic carbocycles. The molecule has 0 fully saturated rings. The van der Waals surface area contributed by atoms with E-state index in [0.29, 0.717) is 0 Å². The van der Waals surface area contributed by atoms with Crippen LogP contribution in [0.25, 0.3) is 0 Å². The summed E-state index contributed by atoms with van der Waals surface area (Å²) in [5, 5.41) is 0. The Hall–Kier alpha value is -0.590. The number of nitrogens with zero attached hydrogens (tertiary/aromatic N) is 1. The van der Waals surface area contributed by atoms with Gasteiger partial charge in [0.15, 0.2) is 0 Å². The monoisotopic (exact) mass is 137 g/mol. The molecule has 1 aliphatic rings. The maximum atomic E-state index is 4.43. The minimum atomic E-state index is 1.000. The summed E-state index contributed by atoms with van der Waals surface area (Å²) in [5.74, 6) is 0. The first-order chi connectivity index (χ1) is 4.93. The van der Waals surface area contributed by atoms with Crippen molar-refractivity contribution in [3.05, 3.63) is 12.2 Å². The van der Waals surface area contributed by atoms with E-state index < -0.39 is 0 Å². The van der Waals surface area contributed by atoms with Crippen LogP contribution < -0.4 is 0 Å². The first kappa shape index (κ1) is 7.52. The Labute approximate surface area is 62.9 Å². The van der Waals surface area contributed by atoms with Crippen LogP contribution in [0.15, 0.2) is 17.1 Å². The zero-order valence-electron chi connectivity index (χ0n) is 6.64. The van der Waals surface area contributed by atoms with Crippen LogP contribution in [0.5, 0.6) is 0 Å². The molecule has 56 valence electrons. The van der Waals surface area contributed by atoms with Gasteiger partial charge in [0.05, 0.1) is 0 Å². The van der Waals surface area contributed by atoms with Gasteiger partial charge in [-0.25, -0.2) is 0 Å². The van der Waals surface area contributed by atoms with Crippen LogP contribution in [-0.2, 0) is 0 Å². The first-order valence-corrected chi connectivity index (χ1v) is 4.13. The van der Waals surface area contributed by atoms with Gasteiger partial charge in [-0.3, -0.25) is 4.99 Å². The Bertz CT molecular complexity index is 145. The zero-order chi connectivity index (χ0) is 7.23. The molecule has 0 aromatic rings. The van der Waals surface area contributed by atoms with E-state index in [1.807, 2.05) is 0 Å². The number of hydrogen-bond donors (Lipinski definition) is 0. The fraction of sp³-hybridized carbons (Fsp3) is 0.667. The second kappa shape index (κ2) is 4.26. The summed E-state index contributed by atoms with van der Waals surface area (Å²) in [6.45, 7) is 3.16. The second-order valence-corrected chi connectivity index (χ2v) is 2.67. The van der Waals surface area contributed by atoms with Crippen LogP contribution in [0, 0.1) is 0 Å². The summed E-state index contributed by atoms with van der Waals surface area (Å²) in [4.78, 5) is 4.43. The Morgan fingerprint density at radius 1 is 1.60 bits per heavy atom. The van der Waals surface area contributed by atoms with Gasteiger partial charge >= 0.3 is 0 Å². The highest BCUT2D eigenvalue weighted by molar-refractivity contribution is 5.95. The highest BCUT2D eigenvalue weighted by Crippen LogP contribution is 2.07. The lowest BCUT2D eigenvalue weighted by Crippen LogP contribution is -1.99. The smallest absolute Gasteiger partial charge is 0.0389 e. The molecule has 0 aromatic heterocycles. The Morgan fingerprint density at radius 2 is 2.50 bits per heavy atom. The van der Waals surface area contributed by atoms with E-state index in [1.165, 1.54) is 25.0 Å². The third-order valence-corrected chi connectivity index (χ3v) is 1.65. The molecule has 0 atom stereocenters. The summed E-state index contributed by atoms with van der Waals surface area (Å²) >= 11 is 0. The lowest BCUT2D eigenvalue weighted by Gasteiger charge is -2.04. The Morgan fingerprint density at radius 3 is 3.10 bits per heavy atom. The van der Waals surface area contributed by atoms with Crippen molar-refractivity contribution < 1.29 is 0 Å². The van der Waals surface area contributed by atoms with Gasteiger partial charge in [0.2, 0.25) is 0 Å². The summed E-state index contributed by atoms with van der Waals surface area (Å²) < 4.78 is 0. The molecule has 1 aliphatic carbocycles. The average molecular weight is 137 g/mol. The van der Waals surface area contributed by atoms with Crippen molar-refractivity contribution in [3.63, 3.8) is 0 Å². The van der Waals surface area contributed by atoms with Gasteiger partial charge in [0.1, 0.15) is 0 Å². The third kappa shape index (κ3) is 2.34. The molecule has 0 N–H and O–H groups in total. The van der Waals surface area contributed by atoms with E-state index in [9.17, 15) is 0 Å². The van der Waals surface area contributed by atoms with Gasteiger partial charge in [-0.1, -0.05) is 13.0 Å². The van der Waals surface area contributed by atoms with Gasteiger partial charge in [-0.15, -0.1) is 0 Å². The van der Waals surface area contributed by atoms with E-state index in [-0.39, 0.29) is 0 Å². The first-order valence-electron chi connectivity index (χ1n) is 4.13. The molecule has 1 heteroatoms. The fourth-order valence-electron chi connectivity index (χ4n) is 1.09. The Balaban J connectivity index is 2.38. The molecule has 0 heterocycles. The quantitative estimate of drug-likeness (QED) is 0.554. The van der Waals surface area contributed by atoms with E-state index in [0.717, 1.165) is 13.0 Å². The molecule has 1 rings (SSSR count). The van der Waals surface area contributed by atoms with Crippen LogP contribution in [0.1, 0.15) is 32.6 Å². The molecule has 0 amide bonds. The summed E-state index contributed by atoms with van der Waals surface area (Å²) in [7, 11) is 0. The molecule has 0 saturated heterocycles. The van der Waals surface area contributed by atoms with Crippen LogP contribution in [0.2, 0.25) is 0 Å². The normalized spacial score (nSPS) is 21.9. The van der Waals surface area contributed by atoms with E-state index in [1.54, 1.807) is 0 Å². The topological polar surface area (TPSA) is 12.4 Å². The van der Waals surface area contributed by atoms with Crippen molar-refractivity contribution in [2.24, 2.45) is 4.99 Å². The zero-order valence-corrected chi connectivity index (χ0v) is 6.64. The molecular weight excluding hydrogens is 122 g/mol. The van der Waals surface area contributed by atoms with Gasteiger partial charge in [0, 0.05) is 12.3 Å². The number of allylic oxidation sites excluding steroid dienone is 2. The number of rotatable bonds is 2. The van der Waals surface area contributed by atoms with Crippen molar-refractivity contribution in [1.29, 1.82) is 0 Å². The molecule has 0 bridgehead atoms. The van der Waals surface area contributed by atoms with Crippen LogP contribution in [-0.4, -0.2) is 12.3 Å². The highest BCUT2D eigenvalue weighted by Gasteiger charge is 1.97. The number of aliphatic imine (C=N–C) groups is 1. The summed E-state index contributed by atoms with van der Waals surface area (Å²) in [5.41, 5.74) is 1.30. The lowest BCUT2D eigenvalue weighted by atomic mass is 10.1. The van der Waals surface area contributed by atoms with Gasteiger partial charge in [-0.2, -0.15) is 0 Å². The SMILES string of the molecule is CCCN=C1C=CCCC1. The van der Waals surface area contributed by atoms with Crippen LogP contribution in [0.4, 0.5) is 0 Å². The minimum Gasteiger partial charge on any atom is -0.290 e. The van der Waals surface area contributed by atoms with Gasteiger partial charge in [0.25, 0.3) is 0 Å². The largest absolute Gasteiger partial charge is 0.290 e. The van der Waals surface area contributed by atoms with Crippen molar-refractivity contribution >= 4 is 5.71 Å². The molecule has 0 aliphatic heterocycles. The van der Waals surface area contributed by atoms with Gasteiger partial charge in [-0.05, 0) is 31.8 Å². The predicted molar refractivity (Wildman–Crippen MR) is 45.6 cm³/mol. The van der Waals surface area contributed by atoms with E-state index >= 15 is 0 Å². The average Bonchev–Trinajstić information content (AvgIpc) is 2.03. The van der Waals surface area contributed by atoms with Crippen molar-refractivity contribution in [2.75, 3.05) is 6.54 Å².